The number of benzene rings is 3. The van der Waals surface area contributed by atoms with E-state index in [1.807, 2.05) is 36.4 Å². The first kappa shape index (κ1) is 23.4. The molecule has 0 saturated heterocycles. The van der Waals surface area contributed by atoms with Gasteiger partial charge in [0.25, 0.3) is 0 Å². The maximum Gasteiger partial charge on any atom is 0.232 e. The maximum absolute atomic E-state index is 13.1. The number of ether oxygens (including phenoxy) is 3. The minimum atomic E-state index is -0.459. The third-order valence-corrected chi connectivity index (χ3v) is 6.36. The molecule has 0 bridgehead atoms. The van der Waals surface area contributed by atoms with Gasteiger partial charge in [0.1, 0.15) is 17.3 Å². The summed E-state index contributed by atoms with van der Waals surface area (Å²) in [6.07, 6.45) is 3.29. The van der Waals surface area contributed by atoms with E-state index in [1.54, 1.807) is 38.6 Å². The third kappa shape index (κ3) is 4.88. The van der Waals surface area contributed by atoms with Crippen LogP contribution in [-0.4, -0.2) is 31.7 Å². The molecule has 184 valence electrons. The van der Waals surface area contributed by atoms with Crippen LogP contribution in [0, 0.1) is 11.2 Å². The Morgan fingerprint density at radius 3 is 2.25 bits per heavy atom. The second-order valence-electron chi connectivity index (χ2n) is 8.75. The molecule has 1 aliphatic carbocycles. The molecular formula is C28H26FN3O4. The molecule has 1 saturated carbocycles. The van der Waals surface area contributed by atoms with E-state index < -0.39 is 5.41 Å². The van der Waals surface area contributed by atoms with E-state index in [1.165, 1.54) is 12.1 Å². The summed E-state index contributed by atoms with van der Waals surface area (Å²) >= 11 is 0. The first-order valence-electron chi connectivity index (χ1n) is 11.6. The second-order valence-corrected chi connectivity index (χ2v) is 8.75. The van der Waals surface area contributed by atoms with Crippen molar-refractivity contribution in [2.75, 3.05) is 31.4 Å². The number of pyridine rings is 1. The molecule has 1 fully saturated rings. The number of rotatable bonds is 9. The standard InChI is InChI=1S/C28H26FN3O4/c1-34-25-15-22-23(16-26(25)35-2)30-14-11-24(22)36-21-9-7-19(8-10-21)31-17-28(12-13-28)27(33)32-20-5-3-18(29)4-6-20/h3-11,14-16,31H,12-13,17H2,1-2H3,(H,32,33). The quantitative estimate of drug-likeness (QED) is 0.301. The van der Waals surface area contributed by atoms with Crippen LogP contribution in [0.1, 0.15) is 12.8 Å². The fourth-order valence-electron chi connectivity index (χ4n) is 4.01. The van der Waals surface area contributed by atoms with Crippen molar-refractivity contribution in [2.45, 2.75) is 12.8 Å². The molecule has 2 N–H and O–H groups in total. The van der Waals surface area contributed by atoms with Gasteiger partial charge in [-0.3, -0.25) is 9.78 Å². The number of halogens is 1. The van der Waals surface area contributed by atoms with Gasteiger partial charge in [0.05, 0.1) is 25.2 Å². The van der Waals surface area contributed by atoms with Crippen LogP contribution in [0.4, 0.5) is 15.8 Å². The number of fused-ring (bicyclic) bond motifs is 1. The first-order chi connectivity index (χ1) is 17.5. The lowest BCUT2D eigenvalue weighted by Crippen LogP contribution is -2.30. The Kier molecular flexibility index (Phi) is 6.33. The number of hydrogen-bond acceptors (Lipinski definition) is 6. The lowest BCUT2D eigenvalue weighted by atomic mass is 10.1. The van der Waals surface area contributed by atoms with Gasteiger partial charge in [-0.2, -0.15) is 0 Å². The van der Waals surface area contributed by atoms with Crippen molar-refractivity contribution in [1.29, 1.82) is 0 Å². The Morgan fingerprint density at radius 1 is 0.917 bits per heavy atom. The van der Waals surface area contributed by atoms with Gasteiger partial charge in [-0.1, -0.05) is 0 Å². The predicted molar refractivity (Wildman–Crippen MR) is 137 cm³/mol. The van der Waals surface area contributed by atoms with Crippen molar-refractivity contribution in [3.05, 3.63) is 78.7 Å². The lowest BCUT2D eigenvalue weighted by molar-refractivity contribution is -0.120. The summed E-state index contributed by atoms with van der Waals surface area (Å²) in [5.41, 5.74) is 1.75. The van der Waals surface area contributed by atoms with Crippen LogP contribution in [-0.2, 0) is 4.79 Å². The normalized spacial score (nSPS) is 13.6. The summed E-state index contributed by atoms with van der Waals surface area (Å²) in [5.74, 6) is 2.12. The number of nitrogens with zero attached hydrogens (tertiary/aromatic N) is 1. The van der Waals surface area contributed by atoms with Gasteiger partial charge in [-0.05, 0) is 73.5 Å². The zero-order valence-electron chi connectivity index (χ0n) is 20.0. The van der Waals surface area contributed by atoms with Crippen LogP contribution in [0.15, 0.2) is 72.9 Å². The van der Waals surface area contributed by atoms with Crippen LogP contribution >= 0.6 is 0 Å². The molecule has 1 amide bonds. The molecule has 8 heteroatoms. The van der Waals surface area contributed by atoms with Gasteiger partial charge in [0.15, 0.2) is 11.5 Å². The number of carbonyl (C=O) groups excluding carboxylic acids is 1. The van der Waals surface area contributed by atoms with E-state index in [0.29, 0.717) is 35.2 Å². The van der Waals surface area contributed by atoms with Crippen LogP contribution in [0.3, 0.4) is 0 Å². The Bertz CT molecular complexity index is 1390. The van der Waals surface area contributed by atoms with Crippen molar-refractivity contribution in [2.24, 2.45) is 5.41 Å². The van der Waals surface area contributed by atoms with E-state index >= 15 is 0 Å². The topological polar surface area (TPSA) is 81.7 Å². The second kappa shape index (κ2) is 9.73. The predicted octanol–water partition coefficient (Wildman–Crippen LogP) is 6.01. The highest BCUT2D eigenvalue weighted by molar-refractivity contribution is 5.97. The fraction of sp³-hybridized carbons (Fsp3) is 0.214. The first-order valence-corrected chi connectivity index (χ1v) is 11.6. The Hall–Kier alpha value is -4.33. The Morgan fingerprint density at radius 2 is 1.58 bits per heavy atom. The van der Waals surface area contributed by atoms with Gasteiger partial charge in [-0.25, -0.2) is 4.39 Å². The van der Waals surface area contributed by atoms with E-state index in [4.69, 9.17) is 14.2 Å². The van der Waals surface area contributed by atoms with E-state index in [-0.39, 0.29) is 11.7 Å². The van der Waals surface area contributed by atoms with Gasteiger partial charge in [0.2, 0.25) is 5.91 Å². The summed E-state index contributed by atoms with van der Waals surface area (Å²) in [6, 6.07) is 18.8. The van der Waals surface area contributed by atoms with Crippen LogP contribution in [0.25, 0.3) is 10.9 Å². The average Bonchev–Trinajstić information content (AvgIpc) is 3.70. The molecule has 0 radical (unpaired) electrons. The molecular weight excluding hydrogens is 461 g/mol. The van der Waals surface area contributed by atoms with Crippen molar-refractivity contribution in [1.82, 2.24) is 4.98 Å². The van der Waals surface area contributed by atoms with Gasteiger partial charge in [0, 0.05) is 35.6 Å². The highest BCUT2D eigenvalue weighted by Gasteiger charge is 2.49. The number of aromatic nitrogens is 1. The molecule has 3 aromatic carbocycles. The minimum absolute atomic E-state index is 0.0572. The van der Waals surface area contributed by atoms with Gasteiger partial charge >= 0.3 is 0 Å². The molecule has 0 atom stereocenters. The van der Waals surface area contributed by atoms with Crippen molar-refractivity contribution >= 4 is 28.2 Å². The Labute approximate surface area is 208 Å². The summed E-state index contributed by atoms with van der Waals surface area (Å²) in [7, 11) is 3.17. The number of methoxy groups -OCH3 is 2. The smallest absolute Gasteiger partial charge is 0.232 e. The molecule has 0 aliphatic heterocycles. The van der Waals surface area contributed by atoms with Gasteiger partial charge in [-0.15, -0.1) is 0 Å². The SMILES string of the molecule is COc1cc2nccc(Oc3ccc(NCC4(C(=O)Nc5ccc(F)cc5)CC4)cc3)c2cc1OC. The zero-order valence-corrected chi connectivity index (χ0v) is 20.0. The fourth-order valence-corrected chi connectivity index (χ4v) is 4.01. The third-order valence-electron chi connectivity index (χ3n) is 6.36. The molecule has 1 aromatic heterocycles. The molecule has 5 rings (SSSR count). The summed E-state index contributed by atoms with van der Waals surface area (Å²) < 4.78 is 30.0. The zero-order chi connectivity index (χ0) is 25.1. The van der Waals surface area contributed by atoms with Crippen molar-refractivity contribution in [3.63, 3.8) is 0 Å². The number of amides is 1. The number of nitrogens with one attached hydrogen (secondary N) is 2. The van der Waals surface area contributed by atoms with E-state index in [0.717, 1.165) is 29.4 Å². The maximum atomic E-state index is 13.1. The minimum Gasteiger partial charge on any atom is -0.493 e. The van der Waals surface area contributed by atoms with Crippen molar-refractivity contribution < 1.29 is 23.4 Å². The molecule has 36 heavy (non-hydrogen) atoms. The molecule has 4 aromatic rings. The lowest BCUT2D eigenvalue weighted by Gasteiger charge is -2.17. The average molecular weight is 488 g/mol. The number of hydrogen-bond donors (Lipinski definition) is 2. The number of carbonyl (C=O) groups is 1. The largest absolute Gasteiger partial charge is 0.493 e. The Balaban J connectivity index is 1.23. The molecule has 1 heterocycles. The highest BCUT2D eigenvalue weighted by atomic mass is 19.1. The van der Waals surface area contributed by atoms with Crippen LogP contribution in [0.5, 0.6) is 23.0 Å². The van der Waals surface area contributed by atoms with E-state index in [9.17, 15) is 9.18 Å². The monoisotopic (exact) mass is 487 g/mol. The van der Waals surface area contributed by atoms with Crippen LogP contribution < -0.4 is 24.8 Å². The summed E-state index contributed by atoms with van der Waals surface area (Å²) in [4.78, 5) is 17.2. The van der Waals surface area contributed by atoms with Crippen LogP contribution in [0.2, 0.25) is 0 Å². The summed E-state index contributed by atoms with van der Waals surface area (Å²) in [5, 5.41) is 7.05. The number of anilines is 2. The van der Waals surface area contributed by atoms with Gasteiger partial charge < -0.3 is 24.8 Å². The molecule has 0 unspecified atom stereocenters. The summed E-state index contributed by atoms with van der Waals surface area (Å²) in [6.45, 7) is 0.511. The molecule has 0 spiro atoms. The molecule has 1 aliphatic rings. The van der Waals surface area contributed by atoms with E-state index in [2.05, 4.69) is 15.6 Å². The van der Waals surface area contributed by atoms with Crippen molar-refractivity contribution in [3.8, 4) is 23.0 Å². The highest BCUT2D eigenvalue weighted by Crippen LogP contribution is 2.46. The molecule has 7 nitrogen and oxygen atoms in total.